The summed E-state index contributed by atoms with van der Waals surface area (Å²) in [7, 11) is 0. The van der Waals surface area contributed by atoms with Gasteiger partial charge in [-0.05, 0) is 13.8 Å². The summed E-state index contributed by atoms with van der Waals surface area (Å²) in [5, 5.41) is 0. The molecular formula is C8H16INO. The van der Waals surface area contributed by atoms with E-state index < -0.39 is 0 Å². The quantitative estimate of drug-likeness (QED) is 0.557. The highest BCUT2D eigenvalue weighted by atomic mass is 127. The molecule has 1 fully saturated rings. The SMILES string of the molecule is CC1(C)COCCN1CCI. The molecule has 0 N–H and O–H groups in total. The fourth-order valence-electron chi connectivity index (χ4n) is 1.41. The topological polar surface area (TPSA) is 12.5 Å². The van der Waals surface area contributed by atoms with E-state index in [1.54, 1.807) is 0 Å². The molecule has 0 atom stereocenters. The van der Waals surface area contributed by atoms with Crippen LogP contribution < -0.4 is 0 Å². The van der Waals surface area contributed by atoms with Gasteiger partial charge in [0.2, 0.25) is 0 Å². The lowest BCUT2D eigenvalue weighted by Crippen LogP contribution is -2.53. The molecule has 0 bridgehead atoms. The van der Waals surface area contributed by atoms with Crippen LogP contribution in [0.15, 0.2) is 0 Å². The van der Waals surface area contributed by atoms with E-state index in [0.717, 1.165) is 19.8 Å². The molecule has 1 rings (SSSR count). The maximum absolute atomic E-state index is 5.42. The zero-order valence-corrected chi connectivity index (χ0v) is 9.43. The van der Waals surface area contributed by atoms with Gasteiger partial charge in [-0.15, -0.1) is 0 Å². The summed E-state index contributed by atoms with van der Waals surface area (Å²) in [6, 6.07) is 0. The van der Waals surface area contributed by atoms with Crippen LogP contribution in [-0.4, -0.2) is 41.2 Å². The summed E-state index contributed by atoms with van der Waals surface area (Å²) in [5.41, 5.74) is 0.253. The van der Waals surface area contributed by atoms with Crippen LogP contribution in [0.3, 0.4) is 0 Å². The zero-order chi connectivity index (χ0) is 8.32. The van der Waals surface area contributed by atoms with E-state index in [0.29, 0.717) is 0 Å². The molecule has 1 aliphatic rings. The van der Waals surface area contributed by atoms with Gasteiger partial charge in [-0.1, -0.05) is 22.6 Å². The molecule has 2 nitrogen and oxygen atoms in total. The van der Waals surface area contributed by atoms with Crippen LogP contribution in [0.25, 0.3) is 0 Å². The Morgan fingerprint density at radius 2 is 2.27 bits per heavy atom. The Balaban J connectivity index is 2.45. The van der Waals surface area contributed by atoms with Crippen LogP contribution in [0.4, 0.5) is 0 Å². The summed E-state index contributed by atoms with van der Waals surface area (Å²) in [5.74, 6) is 0. The lowest BCUT2D eigenvalue weighted by molar-refractivity contribution is -0.0473. The van der Waals surface area contributed by atoms with Crippen LogP contribution in [0.1, 0.15) is 13.8 Å². The first-order valence-electron chi connectivity index (χ1n) is 4.05. The van der Waals surface area contributed by atoms with Gasteiger partial charge in [-0.2, -0.15) is 0 Å². The number of ether oxygens (including phenoxy) is 1. The zero-order valence-electron chi connectivity index (χ0n) is 7.27. The Kier molecular flexibility index (Phi) is 3.58. The van der Waals surface area contributed by atoms with Crippen LogP contribution in [0.2, 0.25) is 0 Å². The lowest BCUT2D eigenvalue weighted by Gasteiger charge is -2.41. The highest BCUT2D eigenvalue weighted by Gasteiger charge is 2.29. The van der Waals surface area contributed by atoms with Gasteiger partial charge in [0.25, 0.3) is 0 Å². The Labute approximate surface area is 82.4 Å². The van der Waals surface area contributed by atoms with E-state index >= 15 is 0 Å². The summed E-state index contributed by atoms with van der Waals surface area (Å²) in [6.07, 6.45) is 0. The van der Waals surface area contributed by atoms with Crippen LogP contribution in [-0.2, 0) is 4.74 Å². The molecule has 66 valence electrons. The van der Waals surface area contributed by atoms with Crippen molar-refractivity contribution in [3.63, 3.8) is 0 Å². The van der Waals surface area contributed by atoms with E-state index in [-0.39, 0.29) is 5.54 Å². The number of halogens is 1. The molecule has 0 radical (unpaired) electrons. The number of alkyl halides is 1. The molecule has 0 amide bonds. The van der Waals surface area contributed by atoms with Crippen molar-refractivity contribution in [3.8, 4) is 0 Å². The van der Waals surface area contributed by atoms with Gasteiger partial charge in [0, 0.05) is 23.1 Å². The molecule has 0 aromatic carbocycles. The lowest BCUT2D eigenvalue weighted by atomic mass is 10.0. The maximum Gasteiger partial charge on any atom is 0.0645 e. The fourth-order valence-corrected chi connectivity index (χ4v) is 1.99. The third kappa shape index (κ3) is 2.56. The molecule has 1 saturated heterocycles. The Hall–Kier alpha value is 0.650. The molecule has 0 unspecified atom stereocenters. The van der Waals surface area contributed by atoms with E-state index in [2.05, 4.69) is 41.3 Å². The third-order valence-corrected chi connectivity index (χ3v) is 2.65. The minimum Gasteiger partial charge on any atom is -0.378 e. The molecule has 11 heavy (non-hydrogen) atoms. The number of hydrogen-bond acceptors (Lipinski definition) is 2. The molecule has 3 heteroatoms. The number of rotatable bonds is 2. The first-order chi connectivity index (χ1) is 5.17. The normalized spacial score (nSPS) is 25.4. The van der Waals surface area contributed by atoms with Crippen LogP contribution in [0.5, 0.6) is 0 Å². The monoisotopic (exact) mass is 269 g/mol. The van der Waals surface area contributed by atoms with Crippen molar-refractivity contribution in [2.75, 3.05) is 30.7 Å². The average molecular weight is 269 g/mol. The molecule has 0 aromatic heterocycles. The van der Waals surface area contributed by atoms with Gasteiger partial charge in [0.15, 0.2) is 0 Å². The van der Waals surface area contributed by atoms with Gasteiger partial charge >= 0.3 is 0 Å². The summed E-state index contributed by atoms with van der Waals surface area (Å²) in [4.78, 5) is 2.50. The largest absolute Gasteiger partial charge is 0.378 e. The second-order valence-electron chi connectivity index (χ2n) is 3.54. The Bertz CT molecular complexity index is 125. The smallest absolute Gasteiger partial charge is 0.0645 e. The highest BCUT2D eigenvalue weighted by molar-refractivity contribution is 14.1. The van der Waals surface area contributed by atoms with E-state index in [1.165, 1.54) is 11.0 Å². The van der Waals surface area contributed by atoms with Gasteiger partial charge in [-0.3, -0.25) is 4.90 Å². The van der Waals surface area contributed by atoms with E-state index in [1.807, 2.05) is 0 Å². The molecule has 1 aliphatic heterocycles. The van der Waals surface area contributed by atoms with Crippen molar-refractivity contribution in [2.24, 2.45) is 0 Å². The van der Waals surface area contributed by atoms with Crippen LogP contribution in [0, 0.1) is 0 Å². The average Bonchev–Trinajstić information content (AvgIpc) is 1.94. The highest BCUT2D eigenvalue weighted by Crippen LogP contribution is 2.18. The standard InChI is InChI=1S/C8H16INO/c1-8(2)7-11-6-5-10(8)4-3-9/h3-7H2,1-2H3. The van der Waals surface area contributed by atoms with Crippen LogP contribution >= 0.6 is 22.6 Å². The van der Waals surface area contributed by atoms with Gasteiger partial charge in [0.05, 0.1) is 13.2 Å². The minimum absolute atomic E-state index is 0.253. The molecule has 0 spiro atoms. The first-order valence-corrected chi connectivity index (χ1v) is 5.58. The van der Waals surface area contributed by atoms with Crippen molar-refractivity contribution in [2.45, 2.75) is 19.4 Å². The molecule has 1 heterocycles. The second kappa shape index (κ2) is 4.05. The van der Waals surface area contributed by atoms with Crippen molar-refractivity contribution >= 4 is 22.6 Å². The Morgan fingerprint density at radius 1 is 1.55 bits per heavy atom. The second-order valence-corrected chi connectivity index (χ2v) is 4.62. The minimum atomic E-state index is 0.253. The van der Waals surface area contributed by atoms with Gasteiger partial charge < -0.3 is 4.74 Å². The predicted molar refractivity (Wildman–Crippen MR) is 55.4 cm³/mol. The van der Waals surface area contributed by atoms with Crippen molar-refractivity contribution < 1.29 is 4.74 Å². The van der Waals surface area contributed by atoms with Crippen molar-refractivity contribution in [3.05, 3.63) is 0 Å². The number of morpholine rings is 1. The first kappa shape index (κ1) is 9.74. The van der Waals surface area contributed by atoms with Crippen molar-refractivity contribution in [1.29, 1.82) is 0 Å². The van der Waals surface area contributed by atoms with E-state index in [4.69, 9.17) is 4.74 Å². The summed E-state index contributed by atoms with van der Waals surface area (Å²) >= 11 is 2.42. The molecule has 0 aliphatic carbocycles. The maximum atomic E-state index is 5.42. The summed E-state index contributed by atoms with van der Waals surface area (Å²) in [6.45, 7) is 8.56. The Morgan fingerprint density at radius 3 is 2.82 bits per heavy atom. The predicted octanol–water partition coefficient (Wildman–Crippen LogP) is 1.53. The fraction of sp³-hybridized carbons (Fsp3) is 1.00. The van der Waals surface area contributed by atoms with Gasteiger partial charge in [0.1, 0.15) is 0 Å². The molecule has 0 saturated carbocycles. The van der Waals surface area contributed by atoms with E-state index in [9.17, 15) is 0 Å². The number of nitrogens with zero attached hydrogens (tertiary/aromatic N) is 1. The molecular weight excluding hydrogens is 253 g/mol. The third-order valence-electron chi connectivity index (χ3n) is 2.17. The summed E-state index contributed by atoms with van der Waals surface area (Å²) < 4.78 is 6.63. The molecule has 0 aromatic rings. The van der Waals surface area contributed by atoms with Gasteiger partial charge in [-0.25, -0.2) is 0 Å². The number of hydrogen-bond donors (Lipinski definition) is 0. The van der Waals surface area contributed by atoms with Crippen molar-refractivity contribution in [1.82, 2.24) is 4.90 Å².